The number of allylic oxidation sites excluding steroid dienone is 2. The molecule has 1 fully saturated rings. The Balaban J connectivity index is 1.69. The minimum atomic E-state index is 0.175. The highest BCUT2D eigenvalue weighted by Gasteiger charge is 2.19. The lowest BCUT2D eigenvalue weighted by molar-refractivity contribution is -0.112. The fraction of sp³-hybridized carbons (Fsp3) is 0.414. The highest BCUT2D eigenvalue weighted by molar-refractivity contribution is 6.13. The van der Waals surface area contributed by atoms with Crippen molar-refractivity contribution in [3.8, 4) is 11.5 Å². The van der Waals surface area contributed by atoms with E-state index in [0.717, 1.165) is 98.4 Å². The summed E-state index contributed by atoms with van der Waals surface area (Å²) >= 11 is 0. The highest BCUT2D eigenvalue weighted by Crippen LogP contribution is 2.28. The highest BCUT2D eigenvalue weighted by atomic mass is 16.5. The van der Waals surface area contributed by atoms with Gasteiger partial charge in [0.1, 0.15) is 11.5 Å². The molecular weight excluding hydrogens is 396 g/mol. The van der Waals surface area contributed by atoms with E-state index in [9.17, 15) is 4.79 Å². The maximum atomic E-state index is 13.3. The Morgan fingerprint density at radius 2 is 1.09 bits per heavy atom. The van der Waals surface area contributed by atoms with Gasteiger partial charge in [0.2, 0.25) is 0 Å². The first kappa shape index (κ1) is 23.8. The van der Waals surface area contributed by atoms with Crippen molar-refractivity contribution in [2.24, 2.45) is 0 Å². The average Bonchev–Trinajstić information content (AvgIpc) is 2.98. The first-order valence-corrected chi connectivity index (χ1v) is 12.1. The minimum Gasteiger partial charge on any atom is -0.494 e. The van der Waals surface area contributed by atoms with Gasteiger partial charge in [-0.15, -0.1) is 0 Å². The van der Waals surface area contributed by atoms with Gasteiger partial charge in [0.05, 0.1) is 13.2 Å². The average molecular weight is 433 g/mol. The molecule has 3 heteroatoms. The van der Waals surface area contributed by atoms with Crippen LogP contribution in [0.2, 0.25) is 0 Å². The second-order valence-electron chi connectivity index (χ2n) is 8.42. The summed E-state index contributed by atoms with van der Waals surface area (Å²) in [5.41, 5.74) is 3.89. The van der Waals surface area contributed by atoms with E-state index in [1.807, 2.05) is 60.7 Å². The van der Waals surface area contributed by atoms with Crippen LogP contribution >= 0.6 is 0 Å². The normalized spacial score (nSPS) is 16.9. The van der Waals surface area contributed by atoms with E-state index in [-0.39, 0.29) is 5.78 Å². The Morgan fingerprint density at radius 3 is 1.47 bits per heavy atom. The summed E-state index contributed by atoms with van der Waals surface area (Å²) in [4.78, 5) is 13.3. The molecule has 0 spiro atoms. The summed E-state index contributed by atoms with van der Waals surface area (Å²) in [6, 6.07) is 16.1. The van der Waals surface area contributed by atoms with Gasteiger partial charge in [0.15, 0.2) is 5.78 Å². The van der Waals surface area contributed by atoms with Crippen molar-refractivity contribution in [1.29, 1.82) is 0 Å². The van der Waals surface area contributed by atoms with Gasteiger partial charge in [-0.05, 0) is 86.1 Å². The lowest BCUT2D eigenvalue weighted by Gasteiger charge is -2.08. The summed E-state index contributed by atoms with van der Waals surface area (Å²) in [6.07, 6.45) is 12.2. The zero-order chi connectivity index (χ0) is 22.6. The first-order valence-electron chi connectivity index (χ1n) is 12.1. The molecule has 32 heavy (non-hydrogen) atoms. The van der Waals surface area contributed by atoms with Crippen molar-refractivity contribution >= 4 is 17.9 Å². The molecule has 0 unspecified atom stereocenters. The van der Waals surface area contributed by atoms with E-state index < -0.39 is 0 Å². The molecule has 1 aliphatic rings. The second-order valence-corrected chi connectivity index (χ2v) is 8.42. The maximum absolute atomic E-state index is 13.3. The molecule has 0 aliphatic heterocycles. The monoisotopic (exact) mass is 432 g/mol. The van der Waals surface area contributed by atoms with Gasteiger partial charge in [0, 0.05) is 11.1 Å². The van der Waals surface area contributed by atoms with Crippen LogP contribution in [0.15, 0.2) is 59.7 Å². The van der Waals surface area contributed by atoms with E-state index in [2.05, 4.69) is 13.8 Å². The van der Waals surface area contributed by atoms with E-state index >= 15 is 0 Å². The summed E-state index contributed by atoms with van der Waals surface area (Å²) in [6.45, 7) is 5.80. The molecule has 3 rings (SSSR count). The van der Waals surface area contributed by atoms with Gasteiger partial charge in [-0.2, -0.15) is 0 Å². The van der Waals surface area contributed by atoms with Crippen molar-refractivity contribution in [3.05, 3.63) is 70.8 Å². The molecule has 1 aliphatic carbocycles. The van der Waals surface area contributed by atoms with Crippen molar-refractivity contribution in [1.82, 2.24) is 0 Å². The Bertz CT molecular complexity index is 829. The summed E-state index contributed by atoms with van der Waals surface area (Å²) < 4.78 is 11.5. The Morgan fingerprint density at radius 1 is 0.688 bits per heavy atom. The van der Waals surface area contributed by atoms with Crippen molar-refractivity contribution < 1.29 is 14.3 Å². The zero-order valence-electron chi connectivity index (χ0n) is 19.6. The number of ether oxygens (including phenoxy) is 2. The Labute approximate surface area is 193 Å². The number of hydrogen-bond donors (Lipinski definition) is 0. The minimum absolute atomic E-state index is 0.175. The van der Waals surface area contributed by atoms with Crippen LogP contribution in [0.5, 0.6) is 11.5 Å². The smallest absolute Gasteiger partial charge is 0.185 e. The molecular formula is C29H36O3. The number of unbranched alkanes of at least 4 members (excludes halogenated alkanes) is 2. The van der Waals surface area contributed by atoms with Crippen LogP contribution < -0.4 is 9.47 Å². The maximum Gasteiger partial charge on any atom is 0.185 e. The van der Waals surface area contributed by atoms with Crippen molar-refractivity contribution in [3.63, 3.8) is 0 Å². The Kier molecular flexibility index (Phi) is 9.61. The lowest BCUT2D eigenvalue weighted by atomic mass is 9.98. The number of hydrogen-bond acceptors (Lipinski definition) is 3. The van der Waals surface area contributed by atoms with Gasteiger partial charge in [-0.25, -0.2) is 0 Å². The molecule has 0 N–H and O–H groups in total. The summed E-state index contributed by atoms with van der Waals surface area (Å²) in [7, 11) is 0. The Hall–Kier alpha value is -2.81. The van der Waals surface area contributed by atoms with Crippen LogP contribution in [0.1, 0.15) is 76.3 Å². The van der Waals surface area contributed by atoms with Gasteiger partial charge in [-0.1, -0.05) is 51.0 Å². The van der Waals surface area contributed by atoms with E-state index in [1.54, 1.807) is 0 Å². The summed E-state index contributed by atoms with van der Waals surface area (Å²) in [5, 5.41) is 0. The molecule has 1 saturated carbocycles. The standard InChI is InChI=1S/C29H36O3/c1-3-5-19-31-27-15-11-23(12-16-27)21-25-9-7-8-10-26(29(25)30)22-24-13-17-28(18-14-24)32-20-6-4-2/h11-18,21-22H,3-10,19-20H2,1-2H3/b25-21-,26-22-. The van der Waals surface area contributed by atoms with Gasteiger partial charge in [0.25, 0.3) is 0 Å². The summed E-state index contributed by atoms with van der Waals surface area (Å²) in [5.74, 6) is 1.94. The predicted octanol–water partition coefficient (Wildman–Crippen LogP) is 7.65. The molecule has 0 bridgehead atoms. The number of carbonyl (C=O) groups is 1. The van der Waals surface area contributed by atoms with Crippen LogP contribution in [0.4, 0.5) is 0 Å². The largest absolute Gasteiger partial charge is 0.494 e. The third-order valence-corrected chi connectivity index (χ3v) is 5.70. The molecule has 3 nitrogen and oxygen atoms in total. The fourth-order valence-electron chi connectivity index (χ4n) is 3.73. The number of benzene rings is 2. The predicted molar refractivity (Wildman–Crippen MR) is 133 cm³/mol. The second kappa shape index (κ2) is 12.9. The van der Waals surface area contributed by atoms with E-state index in [1.165, 1.54) is 0 Å². The quantitative estimate of drug-likeness (QED) is 0.220. The molecule has 170 valence electrons. The van der Waals surface area contributed by atoms with Crippen molar-refractivity contribution in [2.75, 3.05) is 13.2 Å². The SMILES string of the molecule is CCCCOc1ccc(/C=C2/CCCC/C(=C/c3ccc(OCCCC)cc3)C2=O)cc1. The van der Waals surface area contributed by atoms with Crippen molar-refractivity contribution in [2.45, 2.75) is 65.2 Å². The number of rotatable bonds is 10. The van der Waals surface area contributed by atoms with Crippen LogP contribution in [-0.2, 0) is 4.79 Å². The molecule has 0 saturated heterocycles. The number of ketones is 1. The molecule has 0 heterocycles. The number of Topliss-reactive ketones (excluding diaryl/α,β-unsaturated/α-hetero) is 1. The van der Waals surface area contributed by atoms with Crippen LogP contribution in [0, 0.1) is 0 Å². The molecule has 0 amide bonds. The van der Waals surface area contributed by atoms with E-state index in [4.69, 9.17) is 9.47 Å². The first-order chi connectivity index (χ1) is 15.7. The van der Waals surface area contributed by atoms with Gasteiger partial charge < -0.3 is 9.47 Å². The number of carbonyl (C=O) groups excluding carboxylic acids is 1. The van der Waals surface area contributed by atoms with Gasteiger partial charge >= 0.3 is 0 Å². The van der Waals surface area contributed by atoms with Crippen LogP contribution in [0.25, 0.3) is 12.2 Å². The van der Waals surface area contributed by atoms with Crippen LogP contribution in [-0.4, -0.2) is 19.0 Å². The topological polar surface area (TPSA) is 35.5 Å². The van der Waals surface area contributed by atoms with Gasteiger partial charge in [-0.3, -0.25) is 4.79 Å². The van der Waals surface area contributed by atoms with E-state index in [0.29, 0.717) is 0 Å². The molecule has 0 atom stereocenters. The lowest BCUT2D eigenvalue weighted by Crippen LogP contribution is -2.04. The molecule has 2 aromatic carbocycles. The molecule has 0 radical (unpaired) electrons. The zero-order valence-corrected chi connectivity index (χ0v) is 19.6. The molecule has 2 aromatic rings. The third-order valence-electron chi connectivity index (χ3n) is 5.70. The molecule has 0 aromatic heterocycles. The van der Waals surface area contributed by atoms with Crippen LogP contribution in [0.3, 0.4) is 0 Å². The fourth-order valence-corrected chi connectivity index (χ4v) is 3.73. The third kappa shape index (κ3) is 7.40.